The van der Waals surface area contributed by atoms with Crippen LogP contribution in [0.4, 0.5) is 5.69 Å². The lowest BCUT2D eigenvalue weighted by molar-refractivity contribution is 0.596. The first-order chi connectivity index (χ1) is 12.5. The highest BCUT2D eigenvalue weighted by Gasteiger charge is 2.25. The first-order valence-corrected chi connectivity index (χ1v) is 9.64. The van der Waals surface area contributed by atoms with Gasteiger partial charge >= 0.3 is 0 Å². The van der Waals surface area contributed by atoms with Gasteiger partial charge in [0.25, 0.3) is 10.0 Å². The molecule has 0 radical (unpaired) electrons. The molecular weight excluding hydrogens is 397 g/mol. The van der Waals surface area contributed by atoms with Crippen LogP contribution in [0.25, 0.3) is 11.3 Å². The number of imidazole rings is 1. The first-order valence-electron chi connectivity index (χ1n) is 7.41. The van der Waals surface area contributed by atoms with E-state index in [9.17, 15) is 8.42 Å². The van der Waals surface area contributed by atoms with Crippen LogP contribution >= 0.6 is 23.2 Å². The standard InChI is InChI=1S/C16H11Cl2N5O2S/c17-12-5-1-2-6-13(12)23-10-11(9-19-23)21-26(24,25)16-15(18)20-14-7-3-4-8-22(14)16/h1-10,21H. The molecule has 3 aromatic heterocycles. The Bertz CT molecular complexity index is 1220. The highest BCUT2D eigenvalue weighted by Crippen LogP contribution is 2.26. The van der Waals surface area contributed by atoms with E-state index in [1.54, 1.807) is 42.6 Å². The van der Waals surface area contributed by atoms with Crippen LogP contribution < -0.4 is 4.72 Å². The van der Waals surface area contributed by atoms with Gasteiger partial charge in [-0.15, -0.1) is 0 Å². The predicted molar refractivity (Wildman–Crippen MR) is 99.6 cm³/mol. The molecule has 0 atom stereocenters. The minimum absolute atomic E-state index is 0.109. The van der Waals surface area contributed by atoms with E-state index >= 15 is 0 Å². The maximum Gasteiger partial charge on any atom is 0.281 e. The van der Waals surface area contributed by atoms with Gasteiger partial charge in [0.05, 0.1) is 28.8 Å². The van der Waals surface area contributed by atoms with Crippen molar-refractivity contribution < 1.29 is 8.42 Å². The number of hydrogen-bond acceptors (Lipinski definition) is 4. The van der Waals surface area contributed by atoms with E-state index in [4.69, 9.17) is 23.2 Å². The number of para-hydroxylation sites is 1. The zero-order valence-electron chi connectivity index (χ0n) is 13.0. The summed E-state index contributed by atoms with van der Waals surface area (Å²) in [4.78, 5) is 4.06. The van der Waals surface area contributed by atoms with Crippen molar-refractivity contribution in [2.45, 2.75) is 5.03 Å². The van der Waals surface area contributed by atoms with Gasteiger partial charge in [0.2, 0.25) is 0 Å². The van der Waals surface area contributed by atoms with Gasteiger partial charge in [-0.25, -0.2) is 9.67 Å². The molecule has 1 aromatic carbocycles. The smallest absolute Gasteiger partial charge is 0.281 e. The average Bonchev–Trinajstić information content (AvgIpc) is 3.18. The van der Waals surface area contributed by atoms with Gasteiger partial charge in [-0.1, -0.05) is 41.4 Å². The van der Waals surface area contributed by atoms with Crippen LogP contribution in [0.15, 0.2) is 66.1 Å². The number of hydrogen-bond donors (Lipinski definition) is 1. The summed E-state index contributed by atoms with van der Waals surface area (Å²) >= 11 is 12.2. The van der Waals surface area contributed by atoms with E-state index in [-0.39, 0.29) is 15.9 Å². The Hall–Kier alpha value is -2.55. The third-order valence-electron chi connectivity index (χ3n) is 3.63. The molecule has 132 valence electrons. The molecule has 0 aliphatic rings. The fraction of sp³-hybridized carbons (Fsp3) is 0. The Morgan fingerprint density at radius 1 is 1.04 bits per heavy atom. The Morgan fingerprint density at radius 2 is 1.81 bits per heavy atom. The second kappa shape index (κ2) is 6.31. The summed E-state index contributed by atoms with van der Waals surface area (Å²) in [5, 5.41) is 4.39. The second-order valence-electron chi connectivity index (χ2n) is 5.37. The summed E-state index contributed by atoms with van der Waals surface area (Å²) in [6.07, 6.45) is 4.49. The number of rotatable bonds is 4. The van der Waals surface area contributed by atoms with Crippen molar-refractivity contribution in [3.63, 3.8) is 0 Å². The van der Waals surface area contributed by atoms with Crippen LogP contribution in [0.1, 0.15) is 0 Å². The number of aromatic nitrogens is 4. The maximum absolute atomic E-state index is 12.8. The van der Waals surface area contributed by atoms with Crippen molar-refractivity contribution in [2.24, 2.45) is 0 Å². The Morgan fingerprint density at radius 3 is 2.62 bits per heavy atom. The van der Waals surface area contributed by atoms with Gasteiger partial charge in [-0.05, 0) is 24.3 Å². The number of anilines is 1. The summed E-state index contributed by atoms with van der Waals surface area (Å²) in [6, 6.07) is 12.2. The maximum atomic E-state index is 12.8. The van der Waals surface area contributed by atoms with Gasteiger partial charge in [-0.2, -0.15) is 13.5 Å². The van der Waals surface area contributed by atoms with Crippen molar-refractivity contribution in [1.29, 1.82) is 0 Å². The highest BCUT2D eigenvalue weighted by molar-refractivity contribution is 7.92. The fourth-order valence-electron chi connectivity index (χ4n) is 2.53. The molecule has 26 heavy (non-hydrogen) atoms. The summed E-state index contributed by atoms with van der Waals surface area (Å²) in [7, 11) is -3.97. The first kappa shape index (κ1) is 16.9. The predicted octanol–water partition coefficient (Wildman–Crippen LogP) is 3.63. The summed E-state index contributed by atoms with van der Waals surface area (Å²) < 4.78 is 30.9. The molecule has 0 fully saturated rings. The van der Waals surface area contributed by atoms with Gasteiger partial charge in [0.15, 0.2) is 10.2 Å². The number of fused-ring (bicyclic) bond motifs is 1. The number of benzene rings is 1. The lowest BCUT2D eigenvalue weighted by Gasteiger charge is -2.06. The van der Waals surface area contributed by atoms with Crippen molar-refractivity contribution in [3.8, 4) is 5.69 Å². The van der Waals surface area contributed by atoms with E-state index in [0.29, 0.717) is 16.4 Å². The van der Waals surface area contributed by atoms with Crippen LogP contribution in [-0.4, -0.2) is 27.6 Å². The van der Waals surface area contributed by atoms with E-state index in [2.05, 4.69) is 14.8 Å². The van der Waals surface area contributed by atoms with Crippen LogP contribution in [0.5, 0.6) is 0 Å². The highest BCUT2D eigenvalue weighted by atomic mass is 35.5. The normalized spacial score (nSPS) is 11.8. The Balaban J connectivity index is 1.71. The Labute approximate surface area is 158 Å². The molecule has 0 amide bonds. The van der Waals surface area contributed by atoms with Crippen molar-refractivity contribution >= 4 is 44.6 Å². The van der Waals surface area contributed by atoms with E-state index in [0.717, 1.165) is 0 Å². The zero-order chi connectivity index (χ0) is 18.3. The lowest BCUT2D eigenvalue weighted by atomic mass is 10.3. The molecule has 0 aliphatic carbocycles. The van der Waals surface area contributed by atoms with Gasteiger partial charge in [-0.3, -0.25) is 9.12 Å². The third-order valence-corrected chi connectivity index (χ3v) is 5.73. The molecule has 0 saturated carbocycles. The average molecular weight is 408 g/mol. The van der Waals surface area contributed by atoms with E-state index in [1.807, 2.05) is 6.07 Å². The molecule has 4 aromatic rings. The molecule has 0 aliphatic heterocycles. The van der Waals surface area contributed by atoms with Crippen molar-refractivity contribution in [2.75, 3.05) is 4.72 Å². The fourth-order valence-corrected chi connectivity index (χ4v) is 4.43. The number of nitrogens with one attached hydrogen (secondary N) is 1. The molecule has 3 heterocycles. The molecule has 7 nitrogen and oxygen atoms in total. The third kappa shape index (κ3) is 2.92. The molecular formula is C16H11Cl2N5O2S. The number of halogens is 2. The quantitative estimate of drug-likeness (QED) is 0.559. The van der Waals surface area contributed by atoms with Gasteiger partial charge < -0.3 is 0 Å². The minimum atomic E-state index is -3.97. The number of sulfonamides is 1. The lowest BCUT2D eigenvalue weighted by Crippen LogP contribution is -2.15. The molecule has 0 spiro atoms. The van der Waals surface area contributed by atoms with Crippen LogP contribution in [0.3, 0.4) is 0 Å². The van der Waals surface area contributed by atoms with Gasteiger partial charge in [0.1, 0.15) is 5.65 Å². The van der Waals surface area contributed by atoms with E-state index in [1.165, 1.54) is 21.5 Å². The largest absolute Gasteiger partial charge is 0.288 e. The molecule has 1 N–H and O–H groups in total. The molecule has 10 heteroatoms. The van der Waals surface area contributed by atoms with Gasteiger partial charge in [0, 0.05) is 6.20 Å². The molecule has 0 unspecified atom stereocenters. The number of nitrogens with zero attached hydrogens (tertiary/aromatic N) is 4. The monoisotopic (exact) mass is 407 g/mol. The van der Waals surface area contributed by atoms with E-state index < -0.39 is 10.0 Å². The summed E-state index contributed by atoms with van der Waals surface area (Å²) in [5.74, 6) is 0. The summed E-state index contributed by atoms with van der Waals surface area (Å²) in [5.41, 5.74) is 1.34. The van der Waals surface area contributed by atoms with Crippen molar-refractivity contribution in [1.82, 2.24) is 19.2 Å². The SMILES string of the molecule is O=S(=O)(Nc1cnn(-c2ccccc2Cl)c1)c1c(Cl)nc2ccccn12. The van der Waals surface area contributed by atoms with Crippen LogP contribution in [0, 0.1) is 0 Å². The molecule has 0 bridgehead atoms. The second-order valence-corrected chi connectivity index (χ2v) is 7.73. The Kier molecular flexibility index (Phi) is 4.10. The number of pyridine rings is 1. The molecule has 0 saturated heterocycles. The summed E-state index contributed by atoms with van der Waals surface area (Å²) in [6.45, 7) is 0. The van der Waals surface area contributed by atoms with Crippen LogP contribution in [-0.2, 0) is 10.0 Å². The van der Waals surface area contributed by atoms with Crippen LogP contribution in [0.2, 0.25) is 10.2 Å². The minimum Gasteiger partial charge on any atom is -0.288 e. The molecule has 4 rings (SSSR count). The van der Waals surface area contributed by atoms with Crippen molar-refractivity contribution in [3.05, 3.63) is 71.2 Å². The zero-order valence-corrected chi connectivity index (χ0v) is 15.4. The topological polar surface area (TPSA) is 81.3 Å².